The molecule has 0 unspecified atom stereocenters. The van der Waals surface area contributed by atoms with Gasteiger partial charge >= 0.3 is 0 Å². The molecule has 0 aliphatic carbocycles. The molecule has 0 amide bonds. The third-order valence-corrected chi connectivity index (χ3v) is 6.97. The van der Waals surface area contributed by atoms with E-state index in [1.165, 1.54) is 22.0 Å². The molecule has 34 heavy (non-hydrogen) atoms. The Balaban J connectivity index is 1.09. The highest BCUT2D eigenvalue weighted by molar-refractivity contribution is 5.83. The molecule has 3 heterocycles. The third kappa shape index (κ3) is 5.55. The maximum absolute atomic E-state index is 9.84. The SMILES string of the molecule is OC[C@H](NC1CCN(CCCc2c[nH]c3ccc(Cn4cncn4)cc23)CC1)c1ccccc1. The van der Waals surface area contributed by atoms with E-state index >= 15 is 0 Å². The Kier molecular flexibility index (Phi) is 7.34. The van der Waals surface area contributed by atoms with E-state index in [1.807, 2.05) is 22.9 Å². The van der Waals surface area contributed by atoms with Crippen molar-refractivity contribution in [2.45, 2.75) is 44.3 Å². The van der Waals surface area contributed by atoms with Crippen LogP contribution in [0.25, 0.3) is 10.9 Å². The van der Waals surface area contributed by atoms with Gasteiger partial charge in [0.25, 0.3) is 0 Å². The summed E-state index contributed by atoms with van der Waals surface area (Å²) in [5, 5.41) is 19.0. The van der Waals surface area contributed by atoms with Crippen LogP contribution in [0.2, 0.25) is 0 Å². The number of rotatable bonds is 10. The van der Waals surface area contributed by atoms with Crippen LogP contribution in [-0.4, -0.2) is 62.0 Å². The third-order valence-electron chi connectivity index (χ3n) is 6.97. The molecule has 1 atom stereocenters. The summed E-state index contributed by atoms with van der Waals surface area (Å²) < 4.78 is 1.86. The van der Waals surface area contributed by atoms with E-state index in [0.29, 0.717) is 6.04 Å². The molecular formula is C27H34N6O. The number of aromatic nitrogens is 4. The molecule has 0 saturated carbocycles. The largest absolute Gasteiger partial charge is 0.394 e. The van der Waals surface area contributed by atoms with Crippen molar-refractivity contribution in [1.29, 1.82) is 0 Å². The number of hydrogen-bond acceptors (Lipinski definition) is 5. The Labute approximate surface area is 200 Å². The molecule has 0 spiro atoms. The number of nitrogens with one attached hydrogen (secondary N) is 2. The van der Waals surface area contributed by atoms with Gasteiger partial charge in [-0.25, -0.2) is 9.67 Å². The van der Waals surface area contributed by atoms with Crippen molar-refractivity contribution >= 4 is 10.9 Å². The number of hydrogen-bond donors (Lipinski definition) is 3. The average Bonchev–Trinajstić information content (AvgIpc) is 3.54. The Bertz CT molecular complexity index is 1150. The number of aromatic amines is 1. The van der Waals surface area contributed by atoms with Crippen LogP contribution in [0.15, 0.2) is 67.4 Å². The van der Waals surface area contributed by atoms with Gasteiger partial charge in [0.15, 0.2) is 0 Å². The van der Waals surface area contributed by atoms with Crippen molar-refractivity contribution in [2.75, 3.05) is 26.2 Å². The molecule has 1 fully saturated rings. The molecule has 0 bridgehead atoms. The lowest BCUT2D eigenvalue weighted by molar-refractivity contribution is 0.171. The van der Waals surface area contributed by atoms with Crippen LogP contribution < -0.4 is 5.32 Å². The summed E-state index contributed by atoms with van der Waals surface area (Å²) in [6.07, 6.45) is 9.98. The van der Waals surface area contributed by atoms with Crippen molar-refractivity contribution in [2.24, 2.45) is 0 Å². The lowest BCUT2D eigenvalue weighted by Crippen LogP contribution is -2.44. The highest BCUT2D eigenvalue weighted by Crippen LogP contribution is 2.23. The van der Waals surface area contributed by atoms with Gasteiger partial charge in [-0.15, -0.1) is 0 Å². The van der Waals surface area contributed by atoms with Gasteiger partial charge < -0.3 is 20.3 Å². The number of likely N-dealkylation sites (tertiary alicyclic amines) is 1. The van der Waals surface area contributed by atoms with Gasteiger partial charge in [0.2, 0.25) is 0 Å². The van der Waals surface area contributed by atoms with Crippen LogP contribution >= 0.6 is 0 Å². The van der Waals surface area contributed by atoms with Crippen LogP contribution in [0.5, 0.6) is 0 Å². The topological polar surface area (TPSA) is 82.0 Å². The number of benzene rings is 2. The molecule has 3 N–H and O–H groups in total. The first-order valence-corrected chi connectivity index (χ1v) is 12.3. The van der Waals surface area contributed by atoms with Gasteiger partial charge in [0.1, 0.15) is 12.7 Å². The van der Waals surface area contributed by atoms with Gasteiger partial charge in [-0.1, -0.05) is 36.4 Å². The highest BCUT2D eigenvalue weighted by Gasteiger charge is 2.22. The predicted octanol–water partition coefficient (Wildman–Crippen LogP) is 3.53. The lowest BCUT2D eigenvalue weighted by atomic mass is 10.0. The molecule has 2 aromatic heterocycles. The number of fused-ring (bicyclic) bond motifs is 1. The summed E-state index contributed by atoms with van der Waals surface area (Å²) in [7, 11) is 0. The van der Waals surface area contributed by atoms with Crippen LogP contribution in [0, 0.1) is 0 Å². The van der Waals surface area contributed by atoms with Gasteiger partial charge in [0, 0.05) is 23.1 Å². The number of piperidine rings is 1. The minimum Gasteiger partial charge on any atom is -0.394 e. The van der Waals surface area contributed by atoms with Crippen molar-refractivity contribution in [3.8, 4) is 0 Å². The first kappa shape index (κ1) is 22.8. The van der Waals surface area contributed by atoms with Crippen molar-refractivity contribution in [1.82, 2.24) is 30.0 Å². The molecule has 7 heteroatoms. The van der Waals surface area contributed by atoms with E-state index in [1.54, 1.807) is 12.7 Å². The summed E-state index contributed by atoms with van der Waals surface area (Å²) in [5.41, 5.74) is 4.99. The molecule has 7 nitrogen and oxygen atoms in total. The molecule has 5 rings (SSSR count). The van der Waals surface area contributed by atoms with E-state index in [4.69, 9.17) is 0 Å². The normalized spacial score (nSPS) is 16.3. The summed E-state index contributed by atoms with van der Waals surface area (Å²) in [6, 6.07) is 17.4. The molecule has 2 aromatic carbocycles. The second-order valence-electron chi connectivity index (χ2n) is 9.32. The average molecular weight is 459 g/mol. The predicted molar refractivity (Wildman–Crippen MR) is 135 cm³/mol. The van der Waals surface area contributed by atoms with Crippen molar-refractivity contribution in [3.05, 3.63) is 84.1 Å². The maximum Gasteiger partial charge on any atom is 0.137 e. The first-order valence-electron chi connectivity index (χ1n) is 12.3. The second kappa shape index (κ2) is 11.0. The van der Waals surface area contributed by atoms with E-state index in [2.05, 4.69) is 61.8 Å². The molecule has 1 saturated heterocycles. The Hall–Kier alpha value is -3.00. The summed E-state index contributed by atoms with van der Waals surface area (Å²) in [5.74, 6) is 0. The standard InChI is InChI=1S/C27H34N6O/c34-18-27(22-5-2-1-3-6-22)31-24-10-13-32(14-11-24)12-4-7-23-16-29-26-9-8-21(15-25(23)26)17-33-20-28-19-30-33/h1-3,5-6,8-9,15-16,19-20,24,27,29,31,34H,4,7,10-14,17-18H2/t27-/m0/s1. The molecule has 0 radical (unpaired) electrons. The number of nitrogens with zero attached hydrogens (tertiary/aromatic N) is 4. The minimum absolute atomic E-state index is 0.0223. The smallest absolute Gasteiger partial charge is 0.137 e. The van der Waals surface area contributed by atoms with Gasteiger partial charge in [-0.05, 0) is 74.1 Å². The van der Waals surface area contributed by atoms with E-state index in [9.17, 15) is 5.11 Å². The highest BCUT2D eigenvalue weighted by atomic mass is 16.3. The Morgan fingerprint density at radius 1 is 1.12 bits per heavy atom. The fourth-order valence-corrected chi connectivity index (χ4v) is 5.07. The van der Waals surface area contributed by atoms with Crippen molar-refractivity contribution in [3.63, 3.8) is 0 Å². The van der Waals surface area contributed by atoms with E-state index in [-0.39, 0.29) is 12.6 Å². The van der Waals surface area contributed by atoms with Gasteiger partial charge in [-0.3, -0.25) is 0 Å². The summed E-state index contributed by atoms with van der Waals surface area (Å²) >= 11 is 0. The quantitative estimate of drug-likeness (QED) is 0.339. The lowest BCUT2D eigenvalue weighted by Gasteiger charge is -2.34. The van der Waals surface area contributed by atoms with Crippen molar-refractivity contribution < 1.29 is 5.11 Å². The van der Waals surface area contributed by atoms with Crippen LogP contribution in [0.3, 0.4) is 0 Å². The molecule has 178 valence electrons. The molecule has 1 aliphatic rings. The second-order valence-corrected chi connectivity index (χ2v) is 9.32. The molecule has 4 aromatic rings. The fourth-order valence-electron chi connectivity index (χ4n) is 5.07. The van der Waals surface area contributed by atoms with E-state index in [0.717, 1.165) is 57.4 Å². The summed E-state index contributed by atoms with van der Waals surface area (Å²) in [4.78, 5) is 10.0. The first-order chi connectivity index (χ1) is 16.8. The zero-order valence-corrected chi connectivity index (χ0v) is 19.6. The molecular weight excluding hydrogens is 424 g/mol. The van der Waals surface area contributed by atoms with Gasteiger partial charge in [0.05, 0.1) is 19.2 Å². The van der Waals surface area contributed by atoms with Crippen LogP contribution in [-0.2, 0) is 13.0 Å². The van der Waals surface area contributed by atoms with E-state index < -0.39 is 0 Å². The maximum atomic E-state index is 9.84. The fraction of sp³-hybridized carbons (Fsp3) is 0.407. The Morgan fingerprint density at radius 3 is 2.74 bits per heavy atom. The number of aryl methyl sites for hydroxylation is 1. The zero-order valence-electron chi connectivity index (χ0n) is 19.6. The zero-order chi connectivity index (χ0) is 23.2. The minimum atomic E-state index is 0.0223. The number of aliphatic hydroxyl groups is 1. The van der Waals surface area contributed by atoms with Crippen LogP contribution in [0.1, 0.15) is 42.0 Å². The number of H-pyrrole nitrogens is 1. The van der Waals surface area contributed by atoms with Crippen LogP contribution in [0.4, 0.5) is 0 Å². The summed E-state index contributed by atoms with van der Waals surface area (Å²) in [6.45, 7) is 4.22. The molecule has 1 aliphatic heterocycles. The Morgan fingerprint density at radius 2 is 1.97 bits per heavy atom. The monoisotopic (exact) mass is 458 g/mol. The van der Waals surface area contributed by atoms with Gasteiger partial charge in [-0.2, -0.15) is 5.10 Å². The number of aliphatic hydroxyl groups excluding tert-OH is 1.